The first-order valence-corrected chi connectivity index (χ1v) is 5.54. The molecule has 0 bridgehead atoms. The van der Waals surface area contributed by atoms with Crippen molar-refractivity contribution in [2.75, 3.05) is 0 Å². The van der Waals surface area contributed by atoms with Crippen molar-refractivity contribution in [3.05, 3.63) is 53.9 Å². The number of hydrogen-bond donors (Lipinski definition) is 3. The highest BCUT2D eigenvalue weighted by Crippen LogP contribution is 2.25. The maximum Gasteiger partial charge on any atom is 0.173 e. The van der Waals surface area contributed by atoms with Crippen LogP contribution in [-0.4, -0.2) is 21.1 Å². The van der Waals surface area contributed by atoms with Crippen LogP contribution < -0.4 is 10.5 Å². The molecule has 19 heavy (non-hydrogen) atoms. The molecule has 1 heterocycles. The number of aromatic nitrogens is 1. The zero-order valence-electron chi connectivity index (χ0n) is 10.0. The highest BCUT2D eigenvalue weighted by atomic mass is 16.5. The molecule has 0 saturated heterocycles. The molecular weight excluding hydrogens is 246 g/mol. The first-order chi connectivity index (χ1) is 9.24. The third-order valence-corrected chi connectivity index (χ3v) is 2.48. The number of rotatable bonds is 4. The Balaban J connectivity index is 2.33. The number of aliphatic hydroxyl groups is 1. The summed E-state index contributed by atoms with van der Waals surface area (Å²) in [5.74, 6) is 0.843. The van der Waals surface area contributed by atoms with Gasteiger partial charge in [0.25, 0.3) is 0 Å². The SMILES string of the molecule is N/C(=N/O)c1ccncc1Oc1cccc(CO)c1. The van der Waals surface area contributed by atoms with Gasteiger partial charge >= 0.3 is 0 Å². The molecule has 6 nitrogen and oxygen atoms in total. The minimum Gasteiger partial charge on any atom is -0.455 e. The van der Waals surface area contributed by atoms with E-state index in [9.17, 15) is 0 Å². The van der Waals surface area contributed by atoms with E-state index in [1.165, 1.54) is 12.4 Å². The Bertz CT molecular complexity index is 599. The van der Waals surface area contributed by atoms with Crippen LogP contribution in [0.3, 0.4) is 0 Å². The van der Waals surface area contributed by atoms with E-state index >= 15 is 0 Å². The van der Waals surface area contributed by atoms with Crippen molar-refractivity contribution >= 4 is 5.84 Å². The van der Waals surface area contributed by atoms with Gasteiger partial charge < -0.3 is 20.8 Å². The Labute approximate surface area is 109 Å². The molecule has 0 atom stereocenters. The predicted molar refractivity (Wildman–Crippen MR) is 69.2 cm³/mol. The van der Waals surface area contributed by atoms with Gasteiger partial charge in [-0.15, -0.1) is 0 Å². The molecule has 2 rings (SSSR count). The van der Waals surface area contributed by atoms with Crippen LogP contribution in [0, 0.1) is 0 Å². The van der Waals surface area contributed by atoms with Crippen LogP contribution in [0.1, 0.15) is 11.1 Å². The maximum absolute atomic E-state index is 9.07. The lowest BCUT2D eigenvalue weighted by Crippen LogP contribution is -2.14. The lowest BCUT2D eigenvalue weighted by molar-refractivity contribution is 0.281. The van der Waals surface area contributed by atoms with Gasteiger partial charge in [0.1, 0.15) is 5.75 Å². The summed E-state index contributed by atoms with van der Waals surface area (Å²) >= 11 is 0. The summed E-state index contributed by atoms with van der Waals surface area (Å²) in [5.41, 5.74) is 6.72. The number of nitrogens with two attached hydrogens (primary N) is 1. The van der Waals surface area contributed by atoms with Gasteiger partial charge in [0.05, 0.1) is 18.4 Å². The standard InChI is InChI=1S/C13H13N3O3/c14-13(16-18)11-4-5-15-7-12(11)19-10-3-1-2-9(6-10)8-17/h1-7,17-18H,8H2,(H2,14,16). The summed E-state index contributed by atoms with van der Waals surface area (Å²) in [6, 6.07) is 8.56. The van der Waals surface area contributed by atoms with Gasteiger partial charge in [-0.25, -0.2) is 0 Å². The van der Waals surface area contributed by atoms with Gasteiger partial charge in [0.2, 0.25) is 0 Å². The third kappa shape index (κ3) is 2.99. The second-order valence-corrected chi connectivity index (χ2v) is 3.76. The molecule has 6 heteroatoms. The van der Waals surface area contributed by atoms with Crippen molar-refractivity contribution in [3.63, 3.8) is 0 Å². The Kier molecular flexibility index (Phi) is 3.94. The highest BCUT2D eigenvalue weighted by molar-refractivity contribution is 5.99. The zero-order valence-corrected chi connectivity index (χ0v) is 10.0. The van der Waals surface area contributed by atoms with Crippen LogP contribution in [0.25, 0.3) is 0 Å². The fraction of sp³-hybridized carbons (Fsp3) is 0.0769. The second kappa shape index (κ2) is 5.83. The van der Waals surface area contributed by atoms with Crippen molar-refractivity contribution in [2.24, 2.45) is 10.9 Å². The van der Waals surface area contributed by atoms with Crippen LogP contribution in [0.2, 0.25) is 0 Å². The lowest BCUT2D eigenvalue weighted by Gasteiger charge is -2.10. The molecule has 0 radical (unpaired) electrons. The molecule has 98 valence electrons. The topological polar surface area (TPSA) is 101 Å². The summed E-state index contributed by atoms with van der Waals surface area (Å²) in [7, 11) is 0. The van der Waals surface area contributed by atoms with E-state index in [2.05, 4.69) is 10.1 Å². The predicted octanol–water partition coefficient (Wildman–Crippen LogP) is 1.46. The van der Waals surface area contributed by atoms with Crippen LogP contribution in [0.4, 0.5) is 0 Å². The molecule has 0 aliphatic rings. The summed E-state index contributed by atoms with van der Waals surface area (Å²) in [4.78, 5) is 3.93. The molecule has 0 aliphatic carbocycles. The number of aliphatic hydroxyl groups excluding tert-OH is 1. The smallest absolute Gasteiger partial charge is 0.173 e. The van der Waals surface area contributed by atoms with Crippen molar-refractivity contribution in [3.8, 4) is 11.5 Å². The molecule has 0 saturated carbocycles. The molecular formula is C13H13N3O3. The fourth-order valence-electron chi connectivity index (χ4n) is 1.56. The fourth-order valence-corrected chi connectivity index (χ4v) is 1.56. The average molecular weight is 259 g/mol. The normalized spacial score (nSPS) is 11.3. The van der Waals surface area contributed by atoms with Gasteiger partial charge in [0, 0.05) is 6.20 Å². The quantitative estimate of drug-likeness (QED) is 0.334. The highest BCUT2D eigenvalue weighted by Gasteiger charge is 2.09. The van der Waals surface area contributed by atoms with Crippen molar-refractivity contribution in [1.82, 2.24) is 4.98 Å². The third-order valence-electron chi connectivity index (χ3n) is 2.48. The molecule has 0 aliphatic heterocycles. The van der Waals surface area contributed by atoms with Gasteiger partial charge in [-0.05, 0) is 23.8 Å². The maximum atomic E-state index is 9.07. The van der Waals surface area contributed by atoms with Crippen molar-refractivity contribution in [2.45, 2.75) is 6.61 Å². The minimum absolute atomic E-state index is 0.0595. The van der Waals surface area contributed by atoms with Crippen LogP contribution >= 0.6 is 0 Å². The number of amidine groups is 1. The first-order valence-electron chi connectivity index (χ1n) is 5.54. The van der Waals surface area contributed by atoms with Gasteiger partial charge in [-0.2, -0.15) is 0 Å². The Morgan fingerprint density at radius 2 is 2.21 bits per heavy atom. The number of nitrogens with zero attached hydrogens (tertiary/aromatic N) is 2. The van der Waals surface area contributed by atoms with Crippen LogP contribution in [-0.2, 0) is 6.61 Å². The molecule has 0 fully saturated rings. The largest absolute Gasteiger partial charge is 0.455 e. The Morgan fingerprint density at radius 3 is 2.95 bits per heavy atom. The molecule has 2 aromatic rings. The van der Waals surface area contributed by atoms with Gasteiger partial charge in [-0.3, -0.25) is 4.98 Å². The van der Waals surface area contributed by atoms with E-state index in [1.807, 2.05) is 0 Å². The molecule has 4 N–H and O–H groups in total. The first kappa shape index (κ1) is 12.8. The van der Waals surface area contributed by atoms with E-state index in [0.29, 0.717) is 17.1 Å². The zero-order chi connectivity index (χ0) is 13.7. The second-order valence-electron chi connectivity index (χ2n) is 3.76. The number of ether oxygens (including phenoxy) is 1. The summed E-state index contributed by atoms with van der Waals surface area (Å²) < 4.78 is 5.63. The van der Waals surface area contributed by atoms with Crippen molar-refractivity contribution in [1.29, 1.82) is 0 Å². The van der Waals surface area contributed by atoms with E-state index in [4.69, 9.17) is 20.8 Å². The Morgan fingerprint density at radius 1 is 1.37 bits per heavy atom. The van der Waals surface area contributed by atoms with E-state index in [0.717, 1.165) is 5.56 Å². The number of hydrogen-bond acceptors (Lipinski definition) is 5. The molecule has 0 amide bonds. The summed E-state index contributed by atoms with van der Waals surface area (Å²) in [5, 5.41) is 20.7. The van der Waals surface area contributed by atoms with Crippen LogP contribution in [0.5, 0.6) is 11.5 Å². The summed E-state index contributed by atoms with van der Waals surface area (Å²) in [6.45, 7) is -0.0721. The monoisotopic (exact) mass is 259 g/mol. The number of benzene rings is 1. The van der Waals surface area contributed by atoms with Crippen LogP contribution in [0.15, 0.2) is 47.9 Å². The van der Waals surface area contributed by atoms with E-state index < -0.39 is 0 Å². The van der Waals surface area contributed by atoms with E-state index in [1.54, 1.807) is 30.3 Å². The molecule has 0 spiro atoms. The Hall–Kier alpha value is -2.60. The van der Waals surface area contributed by atoms with Gasteiger partial charge in [0.15, 0.2) is 11.6 Å². The van der Waals surface area contributed by atoms with E-state index in [-0.39, 0.29) is 12.4 Å². The molecule has 0 unspecified atom stereocenters. The van der Waals surface area contributed by atoms with Gasteiger partial charge in [-0.1, -0.05) is 17.3 Å². The molecule has 1 aromatic carbocycles. The number of oxime groups is 1. The lowest BCUT2D eigenvalue weighted by atomic mass is 10.2. The van der Waals surface area contributed by atoms with Crippen molar-refractivity contribution < 1.29 is 15.1 Å². The molecule has 1 aromatic heterocycles. The average Bonchev–Trinajstić information content (AvgIpc) is 2.47. The minimum atomic E-state index is -0.0721. The summed E-state index contributed by atoms with van der Waals surface area (Å²) in [6.07, 6.45) is 2.99. The number of pyridine rings is 1.